The van der Waals surface area contributed by atoms with Gasteiger partial charge in [-0.05, 0) is 67.6 Å². The van der Waals surface area contributed by atoms with Crippen LogP contribution in [-0.2, 0) is 0 Å². The summed E-state index contributed by atoms with van der Waals surface area (Å²) < 4.78 is 5.55. The van der Waals surface area contributed by atoms with Crippen molar-refractivity contribution in [3.05, 3.63) is 77.9 Å². The third kappa shape index (κ3) is 3.49. The summed E-state index contributed by atoms with van der Waals surface area (Å²) in [5, 5.41) is 13.7. The molecule has 0 aliphatic heterocycles. The van der Waals surface area contributed by atoms with Crippen molar-refractivity contribution in [1.82, 2.24) is 4.98 Å². The first kappa shape index (κ1) is 17.5. The molecule has 0 bridgehead atoms. The lowest BCUT2D eigenvalue weighted by Gasteiger charge is -2.08. The summed E-state index contributed by atoms with van der Waals surface area (Å²) in [4.78, 5) is 17.1. The molecule has 0 saturated carbocycles. The molecule has 0 saturated heterocycles. The highest BCUT2D eigenvalue weighted by Gasteiger charge is 2.08. The normalized spacial score (nSPS) is 10.6. The number of rotatable bonds is 4. The Bertz CT molecular complexity index is 1220. The van der Waals surface area contributed by atoms with Crippen LogP contribution in [-0.4, -0.2) is 17.5 Å². The van der Waals surface area contributed by atoms with Crippen LogP contribution in [0.4, 0.5) is 5.69 Å². The number of ether oxygens (including phenoxy) is 1. The van der Waals surface area contributed by atoms with Crippen molar-refractivity contribution in [1.29, 1.82) is 5.26 Å². The van der Waals surface area contributed by atoms with E-state index < -0.39 is 0 Å². The molecule has 0 aliphatic rings. The van der Waals surface area contributed by atoms with E-state index in [4.69, 9.17) is 15.0 Å². The van der Waals surface area contributed by atoms with E-state index in [1.165, 1.54) is 0 Å². The van der Waals surface area contributed by atoms with Gasteiger partial charge in [0, 0.05) is 22.0 Å². The molecule has 4 aromatic rings. The lowest BCUT2D eigenvalue weighted by atomic mass is 10.1. The molecule has 1 heterocycles. The summed E-state index contributed by atoms with van der Waals surface area (Å²) in [5.74, 6) is 0.591. The minimum Gasteiger partial charge on any atom is -0.494 e. The molecule has 0 spiro atoms. The quantitative estimate of drug-likeness (QED) is 0.520. The van der Waals surface area contributed by atoms with Crippen molar-refractivity contribution < 1.29 is 9.53 Å². The van der Waals surface area contributed by atoms with Gasteiger partial charge in [0.25, 0.3) is 5.91 Å². The minimum atomic E-state index is -0.231. The summed E-state index contributed by atoms with van der Waals surface area (Å²) in [6, 6.07) is 22.1. The van der Waals surface area contributed by atoms with Gasteiger partial charge in [0.1, 0.15) is 5.75 Å². The van der Waals surface area contributed by atoms with Crippen molar-refractivity contribution in [3.8, 4) is 11.8 Å². The number of hydrogen-bond acceptors (Lipinski definition) is 4. The highest BCUT2D eigenvalue weighted by atomic mass is 16.5. The lowest BCUT2D eigenvalue weighted by molar-refractivity contribution is 0.102. The Hall–Kier alpha value is -3.91. The number of carbonyl (C=O) groups excluding carboxylic acids is 1. The molecule has 136 valence electrons. The van der Waals surface area contributed by atoms with Gasteiger partial charge in [-0.1, -0.05) is 6.07 Å². The predicted molar refractivity (Wildman–Crippen MR) is 110 cm³/mol. The average Bonchev–Trinajstić information content (AvgIpc) is 2.72. The van der Waals surface area contributed by atoms with E-state index in [2.05, 4.69) is 11.4 Å². The molecular weight excluding hydrogens is 350 g/mol. The lowest BCUT2D eigenvalue weighted by Crippen LogP contribution is -2.11. The van der Waals surface area contributed by atoms with Crippen molar-refractivity contribution in [2.75, 3.05) is 11.9 Å². The standard InChI is InChI=1S/C23H17N3O2/c1-2-28-20-9-10-21-18(12-20)11-17-7-8-19(13-22(17)26-21)25-23(27)16-5-3-15(14-24)4-6-16/h3-13H,2H2,1H3,(H,25,27). The van der Waals surface area contributed by atoms with Crippen molar-refractivity contribution in [2.24, 2.45) is 0 Å². The maximum absolute atomic E-state index is 12.4. The summed E-state index contributed by atoms with van der Waals surface area (Å²) in [7, 11) is 0. The van der Waals surface area contributed by atoms with Crippen LogP contribution >= 0.6 is 0 Å². The van der Waals surface area contributed by atoms with E-state index in [-0.39, 0.29) is 5.91 Å². The zero-order valence-electron chi connectivity index (χ0n) is 15.3. The van der Waals surface area contributed by atoms with Crippen LogP contribution in [0.15, 0.2) is 66.7 Å². The van der Waals surface area contributed by atoms with Gasteiger partial charge in [-0.25, -0.2) is 4.98 Å². The highest BCUT2D eigenvalue weighted by molar-refractivity contribution is 6.05. The molecule has 0 unspecified atom stereocenters. The second kappa shape index (κ2) is 7.37. The number of nitrogens with one attached hydrogen (secondary N) is 1. The van der Waals surface area contributed by atoms with E-state index in [1.54, 1.807) is 24.3 Å². The molecule has 3 aromatic carbocycles. The second-order valence-electron chi connectivity index (χ2n) is 6.33. The van der Waals surface area contributed by atoms with Crippen molar-refractivity contribution >= 4 is 33.4 Å². The molecule has 0 radical (unpaired) electrons. The maximum atomic E-state index is 12.4. The zero-order valence-corrected chi connectivity index (χ0v) is 15.3. The maximum Gasteiger partial charge on any atom is 0.255 e. The Morgan fingerprint density at radius 3 is 2.57 bits per heavy atom. The SMILES string of the molecule is CCOc1ccc2nc3cc(NC(=O)c4ccc(C#N)cc4)ccc3cc2c1. The van der Waals surface area contributed by atoms with Gasteiger partial charge in [-0.15, -0.1) is 0 Å². The first-order valence-corrected chi connectivity index (χ1v) is 8.95. The number of hydrogen-bond donors (Lipinski definition) is 1. The Morgan fingerprint density at radius 2 is 1.82 bits per heavy atom. The fraction of sp³-hybridized carbons (Fsp3) is 0.0870. The molecule has 0 fully saturated rings. The number of amides is 1. The Kier molecular flexibility index (Phi) is 4.61. The average molecular weight is 367 g/mol. The minimum absolute atomic E-state index is 0.231. The molecule has 1 N–H and O–H groups in total. The van der Waals surface area contributed by atoms with E-state index in [0.717, 1.165) is 27.6 Å². The molecule has 28 heavy (non-hydrogen) atoms. The fourth-order valence-corrected chi connectivity index (χ4v) is 3.04. The Morgan fingerprint density at radius 1 is 1.00 bits per heavy atom. The Labute approximate surface area is 162 Å². The molecular formula is C23H17N3O2. The van der Waals surface area contributed by atoms with Crippen LogP contribution in [0.2, 0.25) is 0 Å². The number of anilines is 1. The van der Waals surface area contributed by atoms with Crippen molar-refractivity contribution in [2.45, 2.75) is 6.92 Å². The number of nitriles is 1. The van der Waals surface area contributed by atoms with Gasteiger partial charge in [-0.3, -0.25) is 4.79 Å². The number of aromatic nitrogens is 1. The number of nitrogens with zero attached hydrogens (tertiary/aromatic N) is 2. The van der Waals surface area contributed by atoms with Gasteiger partial charge in [0.05, 0.1) is 29.3 Å². The van der Waals surface area contributed by atoms with Gasteiger partial charge in [0.2, 0.25) is 0 Å². The number of fused-ring (bicyclic) bond motifs is 2. The molecule has 4 rings (SSSR count). The first-order valence-electron chi connectivity index (χ1n) is 8.95. The molecule has 1 amide bonds. The van der Waals surface area contributed by atoms with Crippen LogP contribution in [0.1, 0.15) is 22.8 Å². The number of benzene rings is 3. The topological polar surface area (TPSA) is 75.0 Å². The molecule has 5 nitrogen and oxygen atoms in total. The third-order valence-electron chi connectivity index (χ3n) is 4.43. The van der Waals surface area contributed by atoms with Crippen LogP contribution in [0, 0.1) is 11.3 Å². The van der Waals surface area contributed by atoms with Crippen LogP contribution in [0.5, 0.6) is 5.75 Å². The van der Waals surface area contributed by atoms with E-state index in [9.17, 15) is 4.79 Å². The van der Waals surface area contributed by atoms with Gasteiger partial charge in [-0.2, -0.15) is 5.26 Å². The summed E-state index contributed by atoms with van der Waals surface area (Å²) in [5.41, 5.74) is 3.35. The van der Waals surface area contributed by atoms with Crippen LogP contribution < -0.4 is 10.1 Å². The van der Waals surface area contributed by atoms with Crippen LogP contribution in [0.25, 0.3) is 21.8 Å². The molecule has 0 aliphatic carbocycles. The third-order valence-corrected chi connectivity index (χ3v) is 4.43. The summed E-state index contributed by atoms with van der Waals surface area (Å²) in [6.07, 6.45) is 0. The molecule has 0 atom stereocenters. The van der Waals surface area contributed by atoms with E-state index in [0.29, 0.717) is 23.4 Å². The molecule has 5 heteroatoms. The zero-order chi connectivity index (χ0) is 19.5. The van der Waals surface area contributed by atoms with Gasteiger partial charge >= 0.3 is 0 Å². The summed E-state index contributed by atoms with van der Waals surface area (Å²) in [6.45, 7) is 2.57. The first-order chi connectivity index (χ1) is 13.7. The highest BCUT2D eigenvalue weighted by Crippen LogP contribution is 2.25. The van der Waals surface area contributed by atoms with Gasteiger partial charge in [0.15, 0.2) is 0 Å². The molecule has 1 aromatic heterocycles. The monoisotopic (exact) mass is 367 g/mol. The van der Waals surface area contributed by atoms with E-state index >= 15 is 0 Å². The fourth-order valence-electron chi connectivity index (χ4n) is 3.04. The van der Waals surface area contributed by atoms with Crippen molar-refractivity contribution in [3.63, 3.8) is 0 Å². The van der Waals surface area contributed by atoms with E-state index in [1.807, 2.05) is 49.4 Å². The Balaban J connectivity index is 1.63. The smallest absolute Gasteiger partial charge is 0.255 e. The number of pyridine rings is 1. The second-order valence-corrected chi connectivity index (χ2v) is 6.33. The predicted octanol–water partition coefficient (Wildman–Crippen LogP) is 4.91. The largest absolute Gasteiger partial charge is 0.494 e. The van der Waals surface area contributed by atoms with Gasteiger partial charge < -0.3 is 10.1 Å². The summed E-state index contributed by atoms with van der Waals surface area (Å²) >= 11 is 0. The number of carbonyl (C=O) groups is 1. The van der Waals surface area contributed by atoms with Crippen LogP contribution in [0.3, 0.4) is 0 Å².